The van der Waals surface area contributed by atoms with Gasteiger partial charge >= 0.3 is 12.4 Å². The number of alkyl halides is 6. The van der Waals surface area contributed by atoms with Gasteiger partial charge in [0.05, 0.1) is 10.8 Å². The highest BCUT2D eigenvalue weighted by Crippen LogP contribution is 2.43. The Morgan fingerprint density at radius 3 is 2.16 bits per heavy atom. The van der Waals surface area contributed by atoms with E-state index in [1.165, 1.54) is 10.6 Å². The van der Waals surface area contributed by atoms with Crippen LogP contribution in [0.3, 0.4) is 0 Å². The first kappa shape index (κ1) is 28.4. The summed E-state index contributed by atoms with van der Waals surface area (Å²) in [6.07, 6.45) is -7.69. The molecular weight excluding hydrogens is 537 g/mol. The lowest BCUT2D eigenvalue weighted by Crippen LogP contribution is -2.44. The van der Waals surface area contributed by atoms with Gasteiger partial charge in [0.2, 0.25) is 10.0 Å². The van der Waals surface area contributed by atoms with Gasteiger partial charge < -0.3 is 4.57 Å². The van der Waals surface area contributed by atoms with Gasteiger partial charge in [-0.05, 0) is 42.0 Å². The zero-order valence-electron chi connectivity index (χ0n) is 20.8. The van der Waals surface area contributed by atoms with Gasteiger partial charge in [-0.2, -0.15) is 31.1 Å². The predicted octanol–water partition coefficient (Wildman–Crippen LogP) is 7.59. The fraction of sp³-hybridized carbons (Fsp3) is 0.462. The maximum absolute atomic E-state index is 15.4. The number of sulfonamides is 1. The average Bonchev–Trinajstić information content (AvgIpc) is 3.03. The van der Waals surface area contributed by atoms with Crippen molar-refractivity contribution >= 4 is 20.9 Å². The molecule has 0 bridgehead atoms. The average molecular weight is 565 g/mol. The number of halogens is 7. The van der Waals surface area contributed by atoms with Crippen molar-refractivity contribution < 1.29 is 39.2 Å². The number of nitrogens with one attached hydrogen (secondary N) is 1. The lowest BCUT2D eigenvalue weighted by Gasteiger charge is -2.29. The Hall–Kier alpha value is -2.60. The Morgan fingerprint density at radius 1 is 1.00 bits per heavy atom. The monoisotopic (exact) mass is 564 g/mol. The summed E-state index contributed by atoms with van der Waals surface area (Å²) in [5.74, 6) is -1.16. The molecule has 208 valence electrons. The second kappa shape index (κ2) is 9.55. The van der Waals surface area contributed by atoms with Crippen LogP contribution in [0, 0.1) is 11.2 Å². The molecule has 4 nitrogen and oxygen atoms in total. The zero-order chi connectivity index (χ0) is 28.3. The van der Waals surface area contributed by atoms with Gasteiger partial charge in [0.1, 0.15) is 11.9 Å². The molecule has 38 heavy (non-hydrogen) atoms. The smallest absolute Gasteiger partial charge is 0.347 e. The van der Waals surface area contributed by atoms with Crippen LogP contribution < -0.4 is 4.72 Å². The van der Waals surface area contributed by atoms with Crippen LogP contribution in [0.5, 0.6) is 0 Å². The minimum absolute atomic E-state index is 0.0559. The molecule has 1 atom stereocenters. The molecular formula is C26H27F7N2O2S. The van der Waals surface area contributed by atoms with Crippen molar-refractivity contribution in [2.24, 2.45) is 5.41 Å². The number of hydrogen-bond donors (Lipinski definition) is 1. The van der Waals surface area contributed by atoms with Crippen molar-refractivity contribution in [3.05, 3.63) is 59.5 Å². The summed E-state index contributed by atoms with van der Waals surface area (Å²) < 4.78 is 128. The highest BCUT2D eigenvalue weighted by Gasteiger charge is 2.47. The number of nitrogens with zero attached hydrogens (tertiary/aromatic N) is 1. The van der Waals surface area contributed by atoms with E-state index in [-0.39, 0.29) is 30.3 Å². The maximum atomic E-state index is 15.4. The predicted molar refractivity (Wildman–Crippen MR) is 130 cm³/mol. The van der Waals surface area contributed by atoms with Gasteiger partial charge in [0.25, 0.3) is 0 Å². The summed E-state index contributed by atoms with van der Waals surface area (Å²) in [7, 11) is -4.33. The zero-order valence-corrected chi connectivity index (χ0v) is 21.7. The van der Waals surface area contributed by atoms with E-state index in [2.05, 4.69) is 0 Å². The Morgan fingerprint density at radius 2 is 1.63 bits per heavy atom. The van der Waals surface area contributed by atoms with Gasteiger partial charge in [-0.15, -0.1) is 0 Å². The molecule has 1 aromatic heterocycles. The van der Waals surface area contributed by atoms with Crippen LogP contribution >= 0.6 is 0 Å². The summed E-state index contributed by atoms with van der Waals surface area (Å²) in [6.45, 7) is 5.56. The van der Waals surface area contributed by atoms with Crippen LogP contribution in [0.1, 0.15) is 57.2 Å². The molecule has 1 N–H and O–H groups in total. The maximum Gasteiger partial charge on any atom is 0.417 e. The number of rotatable bonds is 6. The first-order valence-corrected chi connectivity index (χ1v) is 13.5. The number of aromatic nitrogens is 1. The van der Waals surface area contributed by atoms with Crippen LogP contribution in [0.4, 0.5) is 30.7 Å². The number of hydrogen-bond acceptors (Lipinski definition) is 2. The standard InChI is InChI=1S/C26H27F7N2O2S/c1-24(2,3)14-35-13-19(23(26(31,32)33)34-38(36,37)15-7-6-8-15)18-11-21(27)17(12-22(18)35)16-9-4-5-10-20(16)25(28,29)30/h4-5,9-13,15,23,34H,6-8,14H2,1-3H3/t23-/m0/s1. The molecule has 0 amide bonds. The van der Waals surface area contributed by atoms with E-state index < -0.39 is 67.2 Å². The quantitative estimate of drug-likeness (QED) is 0.314. The van der Waals surface area contributed by atoms with Crippen LogP contribution in [0.2, 0.25) is 0 Å². The summed E-state index contributed by atoms with van der Waals surface area (Å²) in [5.41, 5.74) is -2.92. The molecule has 1 saturated carbocycles. The summed E-state index contributed by atoms with van der Waals surface area (Å²) in [6, 6.07) is 3.54. The van der Waals surface area contributed by atoms with Crippen molar-refractivity contribution in [3.8, 4) is 11.1 Å². The molecule has 1 aliphatic carbocycles. The molecule has 1 aliphatic rings. The van der Waals surface area contributed by atoms with E-state index >= 15 is 4.39 Å². The first-order valence-electron chi connectivity index (χ1n) is 12.0. The minimum atomic E-state index is -5.06. The molecule has 0 aliphatic heterocycles. The summed E-state index contributed by atoms with van der Waals surface area (Å²) >= 11 is 0. The van der Waals surface area contributed by atoms with E-state index in [9.17, 15) is 34.8 Å². The highest BCUT2D eigenvalue weighted by atomic mass is 32.2. The van der Waals surface area contributed by atoms with Gasteiger partial charge in [0, 0.05) is 34.8 Å². The SMILES string of the molecule is CC(C)(C)Cn1cc([C@H](NS(=O)(=O)C2CCC2)C(F)(F)F)c2cc(F)c(-c3ccccc3C(F)(F)F)cc21. The lowest BCUT2D eigenvalue weighted by atomic mass is 9.95. The molecule has 12 heteroatoms. The van der Waals surface area contributed by atoms with Crippen LogP contribution in [-0.2, 0) is 22.7 Å². The van der Waals surface area contributed by atoms with Gasteiger partial charge in [-0.3, -0.25) is 0 Å². The summed E-state index contributed by atoms with van der Waals surface area (Å²) in [4.78, 5) is 0. The van der Waals surface area contributed by atoms with E-state index in [1.54, 1.807) is 4.72 Å². The fourth-order valence-electron chi connectivity index (χ4n) is 4.63. The third-order valence-corrected chi connectivity index (χ3v) is 8.49. The molecule has 0 saturated heterocycles. The minimum Gasteiger partial charge on any atom is -0.347 e. The topological polar surface area (TPSA) is 51.1 Å². The number of benzene rings is 2. The Balaban J connectivity index is 1.95. The van der Waals surface area contributed by atoms with Crippen molar-refractivity contribution in [3.63, 3.8) is 0 Å². The lowest BCUT2D eigenvalue weighted by molar-refractivity contribution is -0.152. The van der Waals surface area contributed by atoms with E-state index in [4.69, 9.17) is 0 Å². The van der Waals surface area contributed by atoms with E-state index in [0.29, 0.717) is 6.42 Å². The van der Waals surface area contributed by atoms with Crippen molar-refractivity contribution in [2.75, 3.05) is 0 Å². The van der Waals surface area contributed by atoms with Crippen LogP contribution in [0.15, 0.2) is 42.6 Å². The van der Waals surface area contributed by atoms with Crippen LogP contribution in [-0.4, -0.2) is 24.4 Å². The van der Waals surface area contributed by atoms with Crippen LogP contribution in [0.25, 0.3) is 22.0 Å². The van der Waals surface area contributed by atoms with E-state index in [0.717, 1.165) is 36.5 Å². The van der Waals surface area contributed by atoms with Crippen molar-refractivity contribution in [1.29, 1.82) is 0 Å². The molecule has 3 aromatic rings. The van der Waals surface area contributed by atoms with Gasteiger partial charge in [-0.1, -0.05) is 45.4 Å². The third-order valence-electron chi connectivity index (χ3n) is 6.58. The van der Waals surface area contributed by atoms with Gasteiger partial charge in [0.15, 0.2) is 0 Å². The molecule has 0 spiro atoms. The largest absolute Gasteiger partial charge is 0.417 e. The molecule has 0 unspecified atom stereocenters. The second-order valence-corrected chi connectivity index (χ2v) is 12.8. The Bertz CT molecular complexity index is 1450. The fourth-order valence-corrected chi connectivity index (χ4v) is 6.36. The third kappa shape index (κ3) is 5.70. The molecule has 0 radical (unpaired) electrons. The highest BCUT2D eigenvalue weighted by molar-refractivity contribution is 7.90. The van der Waals surface area contributed by atoms with Crippen molar-refractivity contribution in [2.45, 2.75) is 70.2 Å². The second-order valence-electron chi connectivity index (χ2n) is 10.9. The Kier molecular flexibility index (Phi) is 7.14. The van der Waals surface area contributed by atoms with Crippen molar-refractivity contribution in [1.82, 2.24) is 9.29 Å². The normalized spacial score (nSPS) is 16.6. The molecule has 1 fully saturated rings. The molecule has 4 rings (SSSR count). The first-order chi connectivity index (χ1) is 17.4. The Labute approximate surface area is 215 Å². The van der Waals surface area contributed by atoms with E-state index in [1.807, 2.05) is 20.8 Å². The molecule has 1 heterocycles. The summed E-state index contributed by atoms with van der Waals surface area (Å²) in [5, 5.41) is -1.18. The van der Waals surface area contributed by atoms with Gasteiger partial charge in [-0.25, -0.2) is 12.8 Å². The molecule has 2 aromatic carbocycles. The number of fused-ring (bicyclic) bond motifs is 1.